The van der Waals surface area contributed by atoms with E-state index in [2.05, 4.69) is 20.4 Å². The first-order valence-electron chi connectivity index (χ1n) is 7.16. The Bertz CT molecular complexity index is 530. The Morgan fingerprint density at radius 2 is 2.13 bits per heavy atom. The molecule has 0 radical (unpaired) electrons. The molecule has 2 N–H and O–H groups in total. The highest BCUT2D eigenvalue weighted by molar-refractivity contribution is 5.74. The molecule has 1 aliphatic rings. The first kappa shape index (κ1) is 17.3. The molecule has 23 heavy (non-hydrogen) atoms. The molecule has 1 fully saturated rings. The summed E-state index contributed by atoms with van der Waals surface area (Å²) in [7, 11) is 0. The first-order chi connectivity index (χ1) is 10.9. The standard InChI is InChI=1S/C14H17F4N3O2/c15-12(16)9-1-2-10(6-9)21-14(22)20-7-8-3-4-19-11(5-8)23-13(17)18/h3-5,9-10,12-13H,1-2,6-7H2,(H2,20,21,22). The van der Waals surface area contributed by atoms with Crippen LogP contribution < -0.4 is 15.4 Å². The number of hydrogen-bond acceptors (Lipinski definition) is 3. The highest BCUT2D eigenvalue weighted by atomic mass is 19.3. The molecular weight excluding hydrogens is 318 g/mol. The van der Waals surface area contributed by atoms with E-state index < -0.39 is 25.0 Å². The van der Waals surface area contributed by atoms with Crippen molar-refractivity contribution in [3.8, 4) is 5.88 Å². The van der Waals surface area contributed by atoms with Gasteiger partial charge < -0.3 is 15.4 Å². The van der Waals surface area contributed by atoms with Crippen molar-refractivity contribution in [1.29, 1.82) is 0 Å². The Labute approximate surface area is 130 Å². The van der Waals surface area contributed by atoms with E-state index in [-0.39, 0.29) is 24.9 Å². The number of ether oxygens (including phenoxy) is 1. The maximum Gasteiger partial charge on any atom is 0.388 e. The van der Waals surface area contributed by atoms with Crippen molar-refractivity contribution in [2.45, 2.75) is 44.9 Å². The first-order valence-corrected chi connectivity index (χ1v) is 7.16. The molecule has 1 saturated carbocycles. The van der Waals surface area contributed by atoms with Crippen molar-refractivity contribution in [1.82, 2.24) is 15.6 Å². The van der Waals surface area contributed by atoms with E-state index in [1.54, 1.807) is 6.07 Å². The molecule has 1 aromatic heterocycles. The summed E-state index contributed by atoms with van der Waals surface area (Å²) in [6.07, 6.45) is 0.0875. The summed E-state index contributed by atoms with van der Waals surface area (Å²) in [4.78, 5) is 15.3. The lowest BCUT2D eigenvalue weighted by Gasteiger charge is -2.14. The molecule has 5 nitrogen and oxygen atoms in total. The minimum absolute atomic E-state index is 0.0823. The fourth-order valence-corrected chi connectivity index (χ4v) is 2.51. The minimum atomic E-state index is -2.97. The third-order valence-electron chi connectivity index (χ3n) is 3.63. The van der Waals surface area contributed by atoms with Gasteiger partial charge in [0, 0.05) is 30.8 Å². The summed E-state index contributed by atoms with van der Waals surface area (Å²) in [6, 6.07) is 2.07. The number of nitrogens with one attached hydrogen (secondary N) is 2. The van der Waals surface area contributed by atoms with Crippen LogP contribution in [0.25, 0.3) is 0 Å². The fraction of sp³-hybridized carbons (Fsp3) is 0.571. The summed E-state index contributed by atoms with van der Waals surface area (Å²) in [6.45, 7) is -2.89. The average molecular weight is 335 g/mol. The van der Waals surface area contributed by atoms with Gasteiger partial charge >= 0.3 is 12.6 Å². The molecule has 0 spiro atoms. The molecule has 0 bridgehead atoms. The number of carbonyl (C=O) groups excluding carboxylic acids is 1. The van der Waals surface area contributed by atoms with Gasteiger partial charge in [0.05, 0.1) is 0 Å². The summed E-state index contributed by atoms with van der Waals surface area (Å²) in [5.74, 6) is -0.912. The second-order valence-corrected chi connectivity index (χ2v) is 5.31. The molecule has 0 aliphatic heterocycles. The van der Waals surface area contributed by atoms with E-state index in [4.69, 9.17) is 0 Å². The SMILES string of the molecule is O=C(NCc1ccnc(OC(F)F)c1)NC1CCC(C(F)F)C1. The number of aromatic nitrogens is 1. The predicted octanol–water partition coefficient (Wildman–Crippen LogP) is 2.92. The van der Waals surface area contributed by atoms with E-state index in [9.17, 15) is 22.4 Å². The van der Waals surface area contributed by atoms with Crippen LogP contribution in [0.2, 0.25) is 0 Å². The zero-order valence-electron chi connectivity index (χ0n) is 12.1. The number of hydrogen-bond donors (Lipinski definition) is 2. The number of urea groups is 1. The van der Waals surface area contributed by atoms with Crippen molar-refractivity contribution in [3.05, 3.63) is 23.9 Å². The van der Waals surface area contributed by atoms with Gasteiger partial charge in [0.15, 0.2) is 0 Å². The Kier molecular flexibility index (Phi) is 6.00. The van der Waals surface area contributed by atoms with Crippen LogP contribution in [-0.4, -0.2) is 30.1 Å². The van der Waals surface area contributed by atoms with Crippen LogP contribution in [-0.2, 0) is 6.54 Å². The molecule has 2 amide bonds. The smallest absolute Gasteiger partial charge is 0.388 e. The molecular formula is C14H17F4N3O2. The van der Waals surface area contributed by atoms with Crippen molar-refractivity contribution < 1.29 is 27.1 Å². The van der Waals surface area contributed by atoms with Gasteiger partial charge in [-0.15, -0.1) is 0 Å². The molecule has 1 heterocycles. The van der Waals surface area contributed by atoms with Gasteiger partial charge in [-0.2, -0.15) is 8.78 Å². The Morgan fingerprint density at radius 1 is 1.35 bits per heavy atom. The van der Waals surface area contributed by atoms with Crippen LogP contribution in [0.1, 0.15) is 24.8 Å². The summed E-state index contributed by atoms with van der Waals surface area (Å²) in [5.41, 5.74) is 0.530. The van der Waals surface area contributed by atoms with Crippen LogP contribution in [0.15, 0.2) is 18.3 Å². The fourth-order valence-electron chi connectivity index (χ4n) is 2.51. The van der Waals surface area contributed by atoms with Gasteiger partial charge in [0.2, 0.25) is 12.3 Å². The zero-order valence-corrected chi connectivity index (χ0v) is 12.1. The number of alkyl halides is 4. The second-order valence-electron chi connectivity index (χ2n) is 5.31. The molecule has 0 saturated heterocycles. The Morgan fingerprint density at radius 3 is 2.78 bits per heavy atom. The van der Waals surface area contributed by atoms with Crippen molar-refractivity contribution in [2.24, 2.45) is 5.92 Å². The highest BCUT2D eigenvalue weighted by Crippen LogP contribution is 2.30. The molecule has 0 aromatic carbocycles. The van der Waals surface area contributed by atoms with Crippen LogP contribution in [0.5, 0.6) is 5.88 Å². The Hall–Kier alpha value is -2.06. The molecule has 2 rings (SSSR count). The van der Waals surface area contributed by atoms with E-state index >= 15 is 0 Å². The quantitative estimate of drug-likeness (QED) is 0.786. The van der Waals surface area contributed by atoms with E-state index in [1.165, 1.54) is 12.3 Å². The maximum absolute atomic E-state index is 12.5. The van der Waals surface area contributed by atoms with Gasteiger partial charge in [-0.25, -0.2) is 18.6 Å². The summed E-state index contributed by atoms with van der Waals surface area (Å²) < 4.78 is 53.4. The Balaban J connectivity index is 1.76. The molecule has 2 unspecified atom stereocenters. The second kappa shape index (κ2) is 7.98. The molecule has 1 aromatic rings. The van der Waals surface area contributed by atoms with Crippen LogP contribution >= 0.6 is 0 Å². The van der Waals surface area contributed by atoms with E-state index in [0.717, 1.165) is 0 Å². The van der Waals surface area contributed by atoms with Crippen molar-refractivity contribution in [2.75, 3.05) is 0 Å². The summed E-state index contributed by atoms with van der Waals surface area (Å²) >= 11 is 0. The lowest BCUT2D eigenvalue weighted by Crippen LogP contribution is -2.40. The number of rotatable bonds is 6. The molecule has 2 atom stereocenters. The van der Waals surface area contributed by atoms with Crippen molar-refractivity contribution >= 4 is 6.03 Å². The highest BCUT2D eigenvalue weighted by Gasteiger charge is 2.31. The van der Waals surface area contributed by atoms with Crippen molar-refractivity contribution in [3.63, 3.8) is 0 Å². The van der Waals surface area contributed by atoms with Crippen LogP contribution in [0, 0.1) is 5.92 Å². The molecule has 1 aliphatic carbocycles. The predicted molar refractivity (Wildman–Crippen MR) is 73.4 cm³/mol. The number of carbonyl (C=O) groups is 1. The van der Waals surface area contributed by atoms with E-state index in [0.29, 0.717) is 18.4 Å². The molecule has 128 valence electrons. The van der Waals surface area contributed by atoms with Crippen LogP contribution in [0.4, 0.5) is 22.4 Å². The van der Waals surface area contributed by atoms with Gasteiger partial charge in [-0.1, -0.05) is 0 Å². The molecule has 9 heteroatoms. The number of pyridine rings is 1. The lowest BCUT2D eigenvalue weighted by atomic mass is 10.1. The average Bonchev–Trinajstić information content (AvgIpc) is 2.93. The maximum atomic E-state index is 12.5. The van der Waals surface area contributed by atoms with Gasteiger partial charge in [-0.05, 0) is 30.9 Å². The third kappa shape index (κ3) is 5.57. The van der Waals surface area contributed by atoms with Crippen LogP contribution in [0.3, 0.4) is 0 Å². The number of amides is 2. The number of halogens is 4. The minimum Gasteiger partial charge on any atom is -0.417 e. The van der Waals surface area contributed by atoms with Gasteiger partial charge in [0.25, 0.3) is 0 Å². The zero-order chi connectivity index (χ0) is 16.8. The third-order valence-corrected chi connectivity index (χ3v) is 3.63. The van der Waals surface area contributed by atoms with Gasteiger partial charge in [-0.3, -0.25) is 0 Å². The monoisotopic (exact) mass is 335 g/mol. The normalized spacial score (nSPS) is 20.8. The van der Waals surface area contributed by atoms with Gasteiger partial charge in [0.1, 0.15) is 0 Å². The topological polar surface area (TPSA) is 63.2 Å². The summed E-state index contributed by atoms with van der Waals surface area (Å²) in [5, 5.41) is 5.17. The van der Waals surface area contributed by atoms with E-state index in [1.807, 2.05) is 0 Å². The number of nitrogens with zero attached hydrogens (tertiary/aromatic N) is 1. The largest absolute Gasteiger partial charge is 0.417 e. The lowest BCUT2D eigenvalue weighted by molar-refractivity contribution is -0.0529.